The van der Waals surface area contributed by atoms with Crippen molar-refractivity contribution >= 4 is 21.6 Å². The van der Waals surface area contributed by atoms with E-state index in [1.54, 1.807) is 0 Å². The van der Waals surface area contributed by atoms with E-state index in [1.807, 2.05) is 0 Å². The lowest BCUT2D eigenvalue weighted by molar-refractivity contribution is 0.231. The largest absolute Gasteiger partial charge is 0.384 e. The van der Waals surface area contributed by atoms with Crippen LogP contribution < -0.4 is 5.32 Å². The molecule has 0 aliphatic carbocycles. The zero-order valence-electron chi connectivity index (χ0n) is 11.0. The highest BCUT2D eigenvalue weighted by Gasteiger charge is 2.06. The third-order valence-electron chi connectivity index (χ3n) is 2.81. The Kier molecular flexibility index (Phi) is 6.60. The molecule has 96 valence electrons. The Labute approximate surface area is 114 Å². The predicted molar refractivity (Wildman–Crippen MR) is 79.6 cm³/mol. The minimum atomic E-state index is 0.627. The molecule has 0 amide bonds. The summed E-state index contributed by atoms with van der Waals surface area (Å²) >= 11 is 3.44. The number of hydrogen-bond acceptors (Lipinski definition) is 2. The summed E-state index contributed by atoms with van der Waals surface area (Å²) in [7, 11) is 0. The lowest BCUT2D eigenvalue weighted by Gasteiger charge is -2.26. The molecule has 0 saturated carbocycles. The molecule has 0 atom stereocenters. The number of rotatable bonds is 7. The van der Waals surface area contributed by atoms with Crippen molar-refractivity contribution in [3.8, 4) is 0 Å². The molecule has 0 radical (unpaired) electrons. The monoisotopic (exact) mass is 298 g/mol. The maximum Gasteiger partial charge on any atom is 0.0341 e. The Hall–Kier alpha value is -0.540. The van der Waals surface area contributed by atoms with Gasteiger partial charge in [-0.2, -0.15) is 0 Å². The first-order chi connectivity index (χ1) is 8.13. The van der Waals surface area contributed by atoms with E-state index in [9.17, 15) is 0 Å². The van der Waals surface area contributed by atoms with Crippen LogP contribution >= 0.6 is 15.9 Å². The number of anilines is 1. The highest BCUT2D eigenvalue weighted by Crippen LogP contribution is 2.13. The van der Waals surface area contributed by atoms with Crippen molar-refractivity contribution in [1.29, 1.82) is 0 Å². The minimum absolute atomic E-state index is 0.627. The molecule has 0 heterocycles. The third-order valence-corrected chi connectivity index (χ3v) is 3.34. The van der Waals surface area contributed by atoms with Gasteiger partial charge < -0.3 is 5.32 Å². The van der Waals surface area contributed by atoms with Crippen LogP contribution in [0.4, 0.5) is 5.69 Å². The van der Waals surface area contributed by atoms with Crippen LogP contribution in [0.2, 0.25) is 0 Å². The Morgan fingerprint density at radius 1 is 1.18 bits per heavy atom. The van der Waals surface area contributed by atoms with E-state index >= 15 is 0 Å². The van der Waals surface area contributed by atoms with E-state index < -0.39 is 0 Å². The van der Waals surface area contributed by atoms with Crippen molar-refractivity contribution < 1.29 is 0 Å². The van der Waals surface area contributed by atoms with Gasteiger partial charge in [0.25, 0.3) is 0 Å². The second-order valence-corrected chi connectivity index (χ2v) is 5.48. The first-order valence-electron chi connectivity index (χ1n) is 6.37. The van der Waals surface area contributed by atoms with Crippen molar-refractivity contribution in [2.75, 3.05) is 25.0 Å². The normalized spacial score (nSPS) is 11.2. The third kappa shape index (κ3) is 5.55. The van der Waals surface area contributed by atoms with Crippen molar-refractivity contribution in [2.24, 2.45) is 0 Å². The molecule has 0 aliphatic heterocycles. The highest BCUT2D eigenvalue weighted by atomic mass is 79.9. The van der Waals surface area contributed by atoms with Crippen molar-refractivity contribution in [1.82, 2.24) is 4.90 Å². The molecular weight excluding hydrogens is 276 g/mol. The number of benzene rings is 1. The summed E-state index contributed by atoms with van der Waals surface area (Å²) in [5.74, 6) is 0. The SMILES string of the molecule is CCCN(CCNc1ccc(Br)cc1)C(C)C. The topological polar surface area (TPSA) is 15.3 Å². The van der Waals surface area contributed by atoms with Crippen LogP contribution in [0.15, 0.2) is 28.7 Å². The second kappa shape index (κ2) is 7.72. The molecule has 0 aromatic heterocycles. The van der Waals surface area contributed by atoms with Gasteiger partial charge in [0.05, 0.1) is 0 Å². The maximum atomic E-state index is 3.45. The van der Waals surface area contributed by atoms with E-state index in [1.165, 1.54) is 18.7 Å². The molecule has 0 fully saturated rings. The quantitative estimate of drug-likeness (QED) is 0.819. The van der Waals surface area contributed by atoms with Gasteiger partial charge >= 0.3 is 0 Å². The number of hydrogen-bond donors (Lipinski definition) is 1. The summed E-state index contributed by atoms with van der Waals surface area (Å²) in [5, 5.41) is 3.45. The Balaban J connectivity index is 2.33. The Morgan fingerprint density at radius 2 is 1.82 bits per heavy atom. The van der Waals surface area contributed by atoms with Gasteiger partial charge in [0, 0.05) is 29.3 Å². The molecule has 1 N–H and O–H groups in total. The van der Waals surface area contributed by atoms with Gasteiger partial charge in [-0.3, -0.25) is 4.90 Å². The number of halogens is 1. The molecule has 0 bridgehead atoms. The lowest BCUT2D eigenvalue weighted by Crippen LogP contribution is -2.35. The van der Waals surface area contributed by atoms with Crippen LogP contribution in [0, 0.1) is 0 Å². The van der Waals surface area contributed by atoms with E-state index in [2.05, 4.69) is 71.2 Å². The maximum absolute atomic E-state index is 3.45. The van der Waals surface area contributed by atoms with Gasteiger partial charge in [-0.15, -0.1) is 0 Å². The van der Waals surface area contributed by atoms with E-state index in [4.69, 9.17) is 0 Å². The fourth-order valence-corrected chi connectivity index (χ4v) is 2.09. The van der Waals surface area contributed by atoms with Gasteiger partial charge in [-0.25, -0.2) is 0 Å². The summed E-state index contributed by atoms with van der Waals surface area (Å²) < 4.78 is 1.12. The van der Waals surface area contributed by atoms with Crippen LogP contribution in [0.25, 0.3) is 0 Å². The molecule has 2 nitrogen and oxygen atoms in total. The van der Waals surface area contributed by atoms with Gasteiger partial charge in [0.15, 0.2) is 0 Å². The van der Waals surface area contributed by atoms with Crippen LogP contribution in [0.3, 0.4) is 0 Å². The molecule has 1 aromatic carbocycles. The standard InChI is InChI=1S/C14H23BrN2/c1-4-10-17(12(2)3)11-9-16-14-7-5-13(15)6-8-14/h5-8,12,16H,4,9-11H2,1-3H3. The van der Waals surface area contributed by atoms with Crippen LogP contribution in [0.1, 0.15) is 27.2 Å². The molecule has 0 aliphatic rings. The number of nitrogens with zero attached hydrogens (tertiary/aromatic N) is 1. The van der Waals surface area contributed by atoms with Gasteiger partial charge in [-0.1, -0.05) is 22.9 Å². The Morgan fingerprint density at radius 3 is 2.35 bits per heavy atom. The van der Waals surface area contributed by atoms with Crippen molar-refractivity contribution in [3.63, 3.8) is 0 Å². The summed E-state index contributed by atoms with van der Waals surface area (Å²) in [5.41, 5.74) is 1.19. The molecule has 0 spiro atoms. The summed E-state index contributed by atoms with van der Waals surface area (Å²) in [4.78, 5) is 2.51. The summed E-state index contributed by atoms with van der Waals surface area (Å²) in [6.45, 7) is 10.0. The zero-order chi connectivity index (χ0) is 12.7. The fourth-order valence-electron chi connectivity index (χ4n) is 1.83. The molecule has 0 unspecified atom stereocenters. The molecule has 3 heteroatoms. The first-order valence-corrected chi connectivity index (χ1v) is 7.16. The second-order valence-electron chi connectivity index (χ2n) is 4.56. The van der Waals surface area contributed by atoms with Gasteiger partial charge in [0.2, 0.25) is 0 Å². The average Bonchev–Trinajstić information content (AvgIpc) is 2.30. The average molecular weight is 299 g/mol. The Bertz CT molecular complexity index is 309. The first kappa shape index (κ1) is 14.5. The molecule has 0 saturated heterocycles. The highest BCUT2D eigenvalue weighted by molar-refractivity contribution is 9.10. The smallest absolute Gasteiger partial charge is 0.0341 e. The van der Waals surface area contributed by atoms with Crippen molar-refractivity contribution in [2.45, 2.75) is 33.2 Å². The van der Waals surface area contributed by atoms with E-state index in [0.717, 1.165) is 17.6 Å². The van der Waals surface area contributed by atoms with Crippen LogP contribution in [-0.2, 0) is 0 Å². The van der Waals surface area contributed by atoms with E-state index in [-0.39, 0.29) is 0 Å². The zero-order valence-corrected chi connectivity index (χ0v) is 12.6. The summed E-state index contributed by atoms with van der Waals surface area (Å²) in [6.07, 6.45) is 1.22. The minimum Gasteiger partial charge on any atom is -0.384 e. The lowest BCUT2D eigenvalue weighted by atomic mass is 10.3. The molecule has 1 aromatic rings. The summed E-state index contributed by atoms with van der Waals surface area (Å²) in [6, 6.07) is 8.96. The van der Waals surface area contributed by atoms with Gasteiger partial charge in [0.1, 0.15) is 0 Å². The molecule has 1 rings (SSSR count). The van der Waals surface area contributed by atoms with Crippen LogP contribution in [0.5, 0.6) is 0 Å². The van der Waals surface area contributed by atoms with Crippen LogP contribution in [-0.4, -0.2) is 30.6 Å². The molecular formula is C14H23BrN2. The number of nitrogens with one attached hydrogen (secondary N) is 1. The fraction of sp³-hybridized carbons (Fsp3) is 0.571. The van der Waals surface area contributed by atoms with Crippen molar-refractivity contribution in [3.05, 3.63) is 28.7 Å². The van der Waals surface area contributed by atoms with E-state index in [0.29, 0.717) is 6.04 Å². The van der Waals surface area contributed by atoms with Gasteiger partial charge in [-0.05, 0) is 51.1 Å². The predicted octanol–water partition coefficient (Wildman–Crippen LogP) is 3.98. The molecule has 17 heavy (non-hydrogen) atoms.